The van der Waals surface area contributed by atoms with Gasteiger partial charge in [0.15, 0.2) is 0 Å². The van der Waals surface area contributed by atoms with Crippen molar-refractivity contribution in [3.8, 4) is 0 Å². The van der Waals surface area contributed by atoms with E-state index in [-0.39, 0.29) is 12.0 Å². The molecule has 0 aliphatic carbocycles. The van der Waals surface area contributed by atoms with Crippen molar-refractivity contribution in [1.29, 1.82) is 0 Å². The highest BCUT2D eigenvalue weighted by atomic mass is 35.5. The van der Waals surface area contributed by atoms with Crippen molar-refractivity contribution in [2.75, 3.05) is 43.0 Å². The zero-order valence-electron chi connectivity index (χ0n) is 15.0. The van der Waals surface area contributed by atoms with E-state index in [0.29, 0.717) is 49.2 Å². The van der Waals surface area contributed by atoms with Crippen LogP contribution in [0.25, 0.3) is 0 Å². The molecule has 1 aromatic carbocycles. The summed E-state index contributed by atoms with van der Waals surface area (Å²) in [4.78, 5) is 32.1. The number of piperazine rings is 1. The first kappa shape index (κ1) is 19.0. The molecule has 2 amide bonds. The third-order valence-electron chi connectivity index (χ3n) is 4.27. The molecule has 8 heteroatoms. The van der Waals surface area contributed by atoms with Crippen molar-refractivity contribution in [3.05, 3.63) is 53.2 Å². The summed E-state index contributed by atoms with van der Waals surface area (Å²) < 4.78 is 5.03. The van der Waals surface area contributed by atoms with Gasteiger partial charge in [0.1, 0.15) is 5.82 Å². The van der Waals surface area contributed by atoms with E-state index >= 15 is 0 Å². The molecule has 1 fully saturated rings. The van der Waals surface area contributed by atoms with E-state index in [0.717, 1.165) is 5.69 Å². The number of carbonyl (C=O) groups is 2. The molecule has 2 heterocycles. The fourth-order valence-electron chi connectivity index (χ4n) is 2.80. The van der Waals surface area contributed by atoms with Gasteiger partial charge in [-0.2, -0.15) is 0 Å². The number of pyridine rings is 1. The number of rotatable bonds is 4. The Labute approximate surface area is 162 Å². The Hall–Kier alpha value is -2.80. The number of halogens is 1. The molecule has 3 rings (SSSR count). The van der Waals surface area contributed by atoms with Crippen molar-refractivity contribution < 1.29 is 14.3 Å². The number of nitrogens with one attached hydrogen (secondary N) is 1. The number of benzene rings is 1. The molecule has 0 atom stereocenters. The average Bonchev–Trinajstić information content (AvgIpc) is 2.69. The van der Waals surface area contributed by atoms with Gasteiger partial charge in [-0.1, -0.05) is 11.6 Å². The number of amides is 2. The van der Waals surface area contributed by atoms with Crippen LogP contribution in [-0.4, -0.2) is 54.7 Å². The first-order valence-corrected chi connectivity index (χ1v) is 9.14. The van der Waals surface area contributed by atoms with E-state index in [1.165, 1.54) is 0 Å². The molecule has 1 saturated heterocycles. The summed E-state index contributed by atoms with van der Waals surface area (Å²) in [5.74, 6) is 0.235. The second-order valence-electron chi connectivity index (χ2n) is 6.04. The summed E-state index contributed by atoms with van der Waals surface area (Å²) in [5.41, 5.74) is 1.46. The number of carbonyl (C=O) groups excluding carboxylic acids is 2. The molecular weight excluding hydrogens is 368 g/mol. The predicted octanol–water partition coefficient (Wildman–Crippen LogP) is 3.27. The molecule has 1 aromatic heterocycles. The van der Waals surface area contributed by atoms with Gasteiger partial charge in [-0.05, 0) is 43.3 Å². The largest absolute Gasteiger partial charge is 0.450 e. The van der Waals surface area contributed by atoms with Gasteiger partial charge in [-0.25, -0.2) is 9.78 Å². The van der Waals surface area contributed by atoms with Gasteiger partial charge >= 0.3 is 6.09 Å². The molecule has 7 nitrogen and oxygen atoms in total. The van der Waals surface area contributed by atoms with Crippen molar-refractivity contribution in [3.63, 3.8) is 0 Å². The van der Waals surface area contributed by atoms with Crippen molar-refractivity contribution in [2.45, 2.75) is 6.92 Å². The molecule has 1 aliphatic rings. The summed E-state index contributed by atoms with van der Waals surface area (Å²) in [6.45, 7) is 4.80. The van der Waals surface area contributed by atoms with Crippen LogP contribution in [0.5, 0.6) is 0 Å². The molecule has 0 spiro atoms. The quantitative estimate of drug-likeness (QED) is 0.870. The minimum atomic E-state index is -0.268. The molecule has 1 N–H and O–H groups in total. The molecule has 0 unspecified atom stereocenters. The van der Waals surface area contributed by atoms with Crippen LogP contribution >= 0.6 is 11.6 Å². The maximum Gasteiger partial charge on any atom is 0.409 e. The van der Waals surface area contributed by atoms with Crippen LogP contribution in [0.4, 0.5) is 16.3 Å². The SMILES string of the molecule is CCOC(=O)N1CCN(c2ccc(NC(=O)c3ccc(Cl)cc3)nc2)CC1. The number of anilines is 2. The van der Waals surface area contributed by atoms with E-state index in [2.05, 4.69) is 15.2 Å². The molecular formula is C19H21ClN4O3. The Morgan fingerprint density at radius 1 is 1.11 bits per heavy atom. The van der Waals surface area contributed by atoms with Gasteiger partial charge in [0.05, 0.1) is 18.5 Å². The maximum atomic E-state index is 12.2. The van der Waals surface area contributed by atoms with Crippen LogP contribution in [0.15, 0.2) is 42.6 Å². The Morgan fingerprint density at radius 3 is 2.41 bits per heavy atom. The Kier molecular flexibility index (Phi) is 6.13. The van der Waals surface area contributed by atoms with Gasteiger partial charge < -0.3 is 19.9 Å². The molecule has 142 valence electrons. The topological polar surface area (TPSA) is 74.8 Å². The second kappa shape index (κ2) is 8.73. The lowest BCUT2D eigenvalue weighted by Gasteiger charge is -2.35. The summed E-state index contributed by atoms with van der Waals surface area (Å²) >= 11 is 5.83. The van der Waals surface area contributed by atoms with Gasteiger partial charge in [-0.15, -0.1) is 0 Å². The molecule has 2 aromatic rings. The molecule has 27 heavy (non-hydrogen) atoms. The van der Waals surface area contributed by atoms with Crippen molar-refractivity contribution >= 4 is 35.1 Å². The Bertz CT molecular complexity index is 788. The van der Waals surface area contributed by atoms with E-state index in [4.69, 9.17) is 16.3 Å². The first-order valence-electron chi connectivity index (χ1n) is 8.76. The van der Waals surface area contributed by atoms with Gasteiger partial charge in [0, 0.05) is 36.8 Å². The van der Waals surface area contributed by atoms with E-state index in [1.807, 2.05) is 6.07 Å². The van der Waals surface area contributed by atoms with Crippen LogP contribution in [0.3, 0.4) is 0 Å². The lowest BCUT2D eigenvalue weighted by atomic mass is 10.2. The predicted molar refractivity (Wildman–Crippen MR) is 104 cm³/mol. The third-order valence-corrected chi connectivity index (χ3v) is 4.52. The van der Waals surface area contributed by atoms with Crippen LogP contribution < -0.4 is 10.2 Å². The highest BCUT2D eigenvalue weighted by Gasteiger charge is 2.22. The standard InChI is InChI=1S/C19H21ClN4O3/c1-2-27-19(26)24-11-9-23(10-12-24)16-7-8-17(21-13-16)22-18(25)14-3-5-15(20)6-4-14/h3-8,13H,2,9-12H2,1H3,(H,21,22,25). The maximum absolute atomic E-state index is 12.2. The Morgan fingerprint density at radius 2 is 1.81 bits per heavy atom. The van der Waals surface area contributed by atoms with Gasteiger partial charge in [0.25, 0.3) is 5.91 Å². The second-order valence-corrected chi connectivity index (χ2v) is 6.47. The summed E-state index contributed by atoms with van der Waals surface area (Å²) in [6.07, 6.45) is 1.45. The molecule has 0 radical (unpaired) electrons. The van der Waals surface area contributed by atoms with Gasteiger partial charge in [-0.3, -0.25) is 4.79 Å². The minimum Gasteiger partial charge on any atom is -0.450 e. The molecule has 0 bridgehead atoms. The van der Waals surface area contributed by atoms with Gasteiger partial charge in [0.2, 0.25) is 0 Å². The zero-order valence-corrected chi connectivity index (χ0v) is 15.8. The monoisotopic (exact) mass is 388 g/mol. The smallest absolute Gasteiger partial charge is 0.409 e. The minimum absolute atomic E-state index is 0.241. The van der Waals surface area contributed by atoms with Crippen LogP contribution in [0.1, 0.15) is 17.3 Å². The van der Waals surface area contributed by atoms with Crippen molar-refractivity contribution in [1.82, 2.24) is 9.88 Å². The zero-order chi connectivity index (χ0) is 19.2. The first-order chi connectivity index (χ1) is 13.1. The van der Waals surface area contributed by atoms with Crippen LogP contribution in [0, 0.1) is 0 Å². The number of nitrogens with zero attached hydrogens (tertiary/aromatic N) is 3. The number of hydrogen-bond donors (Lipinski definition) is 1. The van der Waals surface area contributed by atoms with Crippen LogP contribution in [0.2, 0.25) is 5.02 Å². The highest BCUT2D eigenvalue weighted by molar-refractivity contribution is 6.30. The Balaban J connectivity index is 1.55. The lowest BCUT2D eigenvalue weighted by molar-refractivity contribution is 0.102. The third kappa shape index (κ3) is 4.89. The fourth-order valence-corrected chi connectivity index (χ4v) is 2.92. The lowest BCUT2D eigenvalue weighted by Crippen LogP contribution is -2.49. The van der Waals surface area contributed by atoms with E-state index in [1.54, 1.807) is 48.4 Å². The molecule has 0 saturated carbocycles. The number of ether oxygens (including phenoxy) is 1. The van der Waals surface area contributed by atoms with E-state index < -0.39 is 0 Å². The van der Waals surface area contributed by atoms with Crippen molar-refractivity contribution in [2.24, 2.45) is 0 Å². The highest BCUT2D eigenvalue weighted by Crippen LogP contribution is 2.18. The normalized spacial score (nSPS) is 14.0. The summed E-state index contributed by atoms with van der Waals surface area (Å²) in [7, 11) is 0. The van der Waals surface area contributed by atoms with E-state index in [9.17, 15) is 9.59 Å². The fraction of sp³-hybridized carbons (Fsp3) is 0.316. The van der Waals surface area contributed by atoms with Crippen LogP contribution in [-0.2, 0) is 4.74 Å². The summed E-state index contributed by atoms with van der Waals surface area (Å²) in [6, 6.07) is 10.3. The average molecular weight is 389 g/mol. The number of aromatic nitrogens is 1. The summed E-state index contributed by atoms with van der Waals surface area (Å²) in [5, 5.41) is 3.34. The molecule has 1 aliphatic heterocycles. The number of hydrogen-bond acceptors (Lipinski definition) is 5.